The summed E-state index contributed by atoms with van der Waals surface area (Å²) in [5.41, 5.74) is 3.42. The van der Waals surface area contributed by atoms with Crippen LogP contribution >= 0.6 is 11.6 Å². The molecule has 0 aliphatic carbocycles. The molecular formula is C26H21ClN2O4. The van der Waals surface area contributed by atoms with Gasteiger partial charge in [0, 0.05) is 5.69 Å². The molecule has 0 fully saturated rings. The first-order valence-corrected chi connectivity index (χ1v) is 10.8. The van der Waals surface area contributed by atoms with Gasteiger partial charge in [-0.05, 0) is 67.4 Å². The van der Waals surface area contributed by atoms with Crippen LogP contribution in [0.1, 0.15) is 28.4 Å². The summed E-state index contributed by atoms with van der Waals surface area (Å²) in [4.78, 5) is 38.9. The van der Waals surface area contributed by atoms with Crippen LogP contribution in [0.4, 0.5) is 11.4 Å². The van der Waals surface area contributed by atoms with Crippen LogP contribution in [0.25, 0.3) is 0 Å². The number of hydrogen-bond donors (Lipinski definition) is 1. The third kappa shape index (κ3) is 4.66. The Labute approximate surface area is 196 Å². The molecule has 0 atom stereocenters. The molecule has 0 saturated heterocycles. The highest BCUT2D eigenvalue weighted by Gasteiger charge is 2.38. The molecular weight excluding hydrogens is 440 g/mol. The highest BCUT2D eigenvalue weighted by molar-refractivity contribution is 6.53. The number of rotatable bonds is 6. The van der Waals surface area contributed by atoms with Crippen molar-refractivity contribution in [1.29, 1.82) is 0 Å². The minimum absolute atomic E-state index is 0.0198. The van der Waals surface area contributed by atoms with E-state index in [4.69, 9.17) is 16.3 Å². The van der Waals surface area contributed by atoms with Gasteiger partial charge in [0.2, 0.25) is 0 Å². The average Bonchev–Trinajstić information content (AvgIpc) is 3.04. The number of hydrogen-bond acceptors (Lipinski definition) is 5. The van der Waals surface area contributed by atoms with Crippen molar-refractivity contribution >= 4 is 40.8 Å². The van der Waals surface area contributed by atoms with E-state index in [1.165, 1.54) is 0 Å². The predicted octanol–water partition coefficient (Wildman–Crippen LogP) is 5.21. The molecule has 33 heavy (non-hydrogen) atoms. The minimum Gasteiger partial charge on any atom is -0.423 e. The molecule has 0 unspecified atom stereocenters. The Bertz CT molecular complexity index is 1250. The lowest BCUT2D eigenvalue weighted by Crippen LogP contribution is -2.32. The molecule has 166 valence electrons. The monoisotopic (exact) mass is 460 g/mol. The maximum Gasteiger partial charge on any atom is 0.343 e. The van der Waals surface area contributed by atoms with Crippen molar-refractivity contribution in [3.8, 4) is 5.75 Å². The van der Waals surface area contributed by atoms with E-state index in [2.05, 4.69) is 12.2 Å². The van der Waals surface area contributed by atoms with Crippen molar-refractivity contribution in [2.45, 2.75) is 20.3 Å². The Hall–Kier alpha value is -3.90. The van der Waals surface area contributed by atoms with Crippen molar-refractivity contribution in [2.75, 3.05) is 10.2 Å². The van der Waals surface area contributed by atoms with Crippen molar-refractivity contribution in [3.05, 3.63) is 100 Å². The summed E-state index contributed by atoms with van der Waals surface area (Å²) in [6.07, 6.45) is 0.903. The second-order valence-corrected chi connectivity index (χ2v) is 7.94. The molecule has 1 aliphatic rings. The van der Waals surface area contributed by atoms with Crippen molar-refractivity contribution in [1.82, 2.24) is 0 Å². The van der Waals surface area contributed by atoms with E-state index in [1.807, 2.05) is 31.2 Å². The first kappa shape index (κ1) is 22.3. The Kier molecular flexibility index (Phi) is 6.29. The lowest BCUT2D eigenvalue weighted by molar-refractivity contribution is -0.120. The zero-order chi connectivity index (χ0) is 23.5. The molecule has 3 aromatic carbocycles. The van der Waals surface area contributed by atoms with Gasteiger partial charge in [-0.3, -0.25) is 9.59 Å². The van der Waals surface area contributed by atoms with Crippen LogP contribution in [0.15, 0.2) is 83.5 Å². The number of imide groups is 1. The van der Waals surface area contributed by atoms with Crippen LogP contribution in [-0.2, 0) is 16.0 Å². The molecule has 0 saturated carbocycles. The number of halogens is 1. The quantitative estimate of drug-likeness (QED) is 0.310. The van der Waals surface area contributed by atoms with Gasteiger partial charge in [-0.2, -0.15) is 0 Å². The smallest absolute Gasteiger partial charge is 0.343 e. The average molecular weight is 461 g/mol. The first-order valence-electron chi connectivity index (χ1n) is 10.4. The zero-order valence-corrected chi connectivity index (χ0v) is 18.8. The number of carbonyl (C=O) groups excluding carboxylic acids is 3. The first-order chi connectivity index (χ1) is 15.9. The van der Waals surface area contributed by atoms with Crippen LogP contribution in [-0.4, -0.2) is 17.8 Å². The summed E-state index contributed by atoms with van der Waals surface area (Å²) in [5, 5.41) is 2.70. The molecule has 0 radical (unpaired) electrons. The Morgan fingerprint density at radius 1 is 0.909 bits per heavy atom. The van der Waals surface area contributed by atoms with Gasteiger partial charge in [0.1, 0.15) is 16.5 Å². The van der Waals surface area contributed by atoms with E-state index in [1.54, 1.807) is 48.5 Å². The van der Waals surface area contributed by atoms with Gasteiger partial charge >= 0.3 is 5.97 Å². The van der Waals surface area contributed by atoms with Crippen molar-refractivity contribution in [3.63, 3.8) is 0 Å². The summed E-state index contributed by atoms with van der Waals surface area (Å²) < 4.78 is 5.40. The van der Waals surface area contributed by atoms with Gasteiger partial charge in [0.25, 0.3) is 11.8 Å². The second-order valence-electron chi connectivity index (χ2n) is 7.56. The second kappa shape index (κ2) is 9.30. The van der Waals surface area contributed by atoms with Gasteiger partial charge in [0.05, 0.1) is 11.3 Å². The lowest BCUT2D eigenvalue weighted by atomic mass is 10.1. The number of aryl methyl sites for hydroxylation is 2. The number of amides is 2. The van der Waals surface area contributed by atoms with E-state index >= 15 is 0 Å². The lowest BCUT2D eigenvalue weighted by Gasteiger charge is -2.15. The van der Waals surface area contributed by atoms with E-state index in [-0.39, 0.29) is 10.7 Å². The summed E-state index contributed by atoms with van der Waals surface area (Å²) in [7, 11) is 0. The summed E-state index contributed by atoms with van der Waals surface area (Å²) in [6.45, 7) is 3.96. The van der Waals surface area contributed by atoms with Gasteiger partial charge in [-0.15, -0.1) is 0 Å². The van der Waals surface area contributed by atoms with Gasteiger partial charge in [-0.1, -0.05) is 48.4 Å². The SMILES string of the molecule is CCc1ccc(OC(=O)c2ccc(NC3=C(Cl)C(=O)N(c4ccc(C)cc4)C3=O)cc2)cc1. The molecule has 0 spiro atoms. The summed E-state index contributed by atoms with van der Waals surface area (Å²) in [5.74, 6) is -1.18. The van der Waals surface area contributed by atoms with Gasteiger partial charge in [-0.25, -0.2) is 9.69 Å². The molecule has 3 aromatic rings. The summed E-state index contributed by atoms with van der Waals surface area (Å²) >= 11 is 6.17. The fraction of sp³-hybridized carbons (Fsp3) is 0.115. The number of benzene rings is 3. The van der Waals surface area contributed by atoms with Crippen molar-refractivity contribution in [2.24, 2.45) is 0 Å². The zero-order valence-electron chi connectivity index (χ0n) is 18.1. The van der Waals surface area contributed by atoms with Gasteiger partial charge in [0.15, 0.2) is 0 Å². The number of nitrogens with one attached hydrogen (secondary N) is 1. The van der Waals surface area contributed by atoms with Crippen molar-refractivity contribution < 1.29 is 19.1 Å². The molecule has 2 amide bonds. The van der Waals surface area contributed by atoms with Crippen LogP contribution in [0.5, 0.6) is 5.75 Å². The van der Waals surface area contributed by atoms with Crippen LogP contribution in [0.3, 0.4) is 0 Å². The van der Waals surface area contributed by atoms with Gasteiger partial charge < -0.3 is 10.1 Å². The largest absolute Gasteiger partial charge is 0.423 e. The molecule has 1 N–H and O–H groups in total. The van der Waals surface area contributed by atoms with E-state index in [0.717, 1.165) is 22.4 Å². The van der Waals surface area contributed by atoms with E-state index < -0.39 is 17.8 Å². The number of nitrogens with zero attached hydrogens (tertiary/aromatic N) is 1. The third-order valence-electron chi connectivity index (χ3n) is 5.25. The highest BCUT2D eigenvalue weighted by Crippen LogP contribution is 2.30. The minimum atomic E-state index is -0.595. The molecule has 0 bridgehead atoms. The molecule has 7 heteroatoms. The standard InChI is InChI=1S/C26H21ClN2O4/c1-3-17-6-14-21(15-7-17)33-26(32)18-8-10-19(11-9-18)28-23-22(27)24(30)29(25(23)31)20-12-4-16(2)5-13-20/h4-15,28H,3H2,1-2H3. The number of carbonyl (C=O) groups is 3. The molecule has 6 nitrogen and oxygen atoms in total. The Morgan fingerprint density at radius 3 is 2.15 bits per heavy atom. The number of anilines is 2. The van der Waals surface area contributed by atoms with E-state index in [9.17, 15) is 14.4 Å². The van der Waals surface area contributed by atoms with Crippen LogP contribution < -0.4 is 15.0 Å². The molecule has 0 aromatic heterocycles. The Morgan fingerprint density at radius 2 is 1.55 bits per heavy atom. The van der Waals surface area contributed by atoms with E-state index in [0.29, 0.717) is 22.7 Å². The normalized spacial score (nSPS) is 13.5. The number of esters is 1. The highest BCUT2D eigenvalue weighted by atomic mass is 35.5. The van der Waals surface area contributed by atoms with Crippen LogP contribution in [0, 0.1) is 6.92 Å². The topological polar surface area (TPSA) is 75.7 Å². The fourth-order valence-electron chi connectivity index (χ4n) is 3.33. The maximum absolute atomic E-state index is 12.9. The molecule has 1 aliphatic heterocycles. The third-order valence-corrected chi connectivity index (χ3v) is 5.60. The molecule has 1 heterocycles. The maximum atomic E-state index is 12.9. The predicted molar refractivity (Wildman–Crippen MR) is 127 cm³/mol. The fourth-order valence-corrected chi connectivity index (χ4v) is 3.55. The Balaban J connectivity index is 1.45. The summed E-state index contributed by atoms with van der Waals surface area (Å²) in [6, 6.07) is 20.7. The molecule has 4 rings (SSSR count). The number of ether oxygens (including phenoxy) is 1. The van der Waals surface area contributed by atoms with Crippen LogP contribution in [0.2, 0.25) is 0 Å².